The molecule has 6 unspecified atom stereocenters. The van der Waals surface area contributed by atoms with Crippen molar-refractivity contribution in [2.45, 2.75) is 179 Å². The molecule has 0 aromatic carbocycles. The summed E-state index contributed by atoms with van der Waals surface area (Å²) in [5.74, 6) is -0.316. The van der Waals surface area contributed by atoms with Gasteiger partial charge in [0.1, 0.15) is 30.5 Å². The lowest BCUT2D eigenvalue weighted by atomic mass is 9.99. The second-order valence-corrected chi connectivity index (χ2v) is 12.0. The average Bonchev–Trinajstić information content (AvgIpc) is 2.99. The fourth-order valence-electron chi connectivity index (χ4n) is 5.25. The Hall–Kier alpha value is -0.810. The van der Waals surface area contributed by atoms with Gasteiger partial charge in [0.2, 0.25) is 0 Å². The highest BCUT2D eigenvalue weighted by atomic mass is 16.7. The standard InChI is InChI=1S/C33H64O9/c1-3-5-7-9-11-13-14-15-16-18-20-22-29(35)41-27(25-39-23-21-19-17-12-10-8-6-4-2)26-40-33-32(38)31(37)30(36)28(24-34)42-33/h27-28,30-34,36-38H,3-26H2,1-2H3. The number of aliphatic hydroxyl groups is 4. The van der Waals surface area contributed by atoms with Gasteiger partial charge in [-0.05, 0) is 12.8 Å². The van der Waals surface area contributed by atoms with Crippen molar-refractivity contribution in [3.8, 4) is 0 Å². The first-order valence-electron chi connectivity index (χ1n) is 17.1. The number of aliphatic hydroxyl groups excluding tert-OH is 4. The lowest BCUT2D eigenvalue weighted by Gasteiger charge is -2.39. The minimum Gasteiger partial charge on any atom is -0.457 e. The molecule has 0 radical (unpaired) electrons. The van der Waals surface area contributed by atoms with E-state index in [-0.39, 0.29) is 19.2 Å². The molecule has 1 saturated heterocycles. The molecule has 1 aliphatic heterocycles. The number of unbranched alkanes of at least 4 members (excludes halogenated alkanes) is 17. The van der Waals surface area contributed by atoms with Crippen molar-refractivity contribution < 1.29 is 44.2 Å². The number of hydrogen-bond acceptors (Lipinski definition) is 9. The maximum Gasteiger partial charge on any atom is 0.306 e. The van der Waals surface area contributed by atoms with Crippen LogP contribution in [0.4, 0.5) is 0 Å². The van der Waals surface area contributed by atoms with Crippen LogP contribution >= 0.6 is 0 Å². The number of ether oxygens (including phenoxy) is 4. The van der Waals surface area contributed by atoms with Crippen molar-refractivity contribution in [3.63, 3.8) is 0 Å². The Morgan fingerprint density at radius 2 is 1.17 bits per heavy atom. The first-order valence-corrected chi connectivity index (χ1v) is 17.1. The minimum atomic E-state index is -1.53. The molecule has 1 aliphatic rings. The van der Waals surface area contributed by atoms with E-state index < -0.39 is 43.4 Å². The van der Waals surface area contributed by atoms with Crippen molar-refractivity contribution in [1.29, 1.82) is 0 Å². The Morgan fingerprint density at radius 3 is 1.69 bits per heavy atom. The van der Waals surface area contributed by atoms with Gasteiger partial charge in [0.05, 0.1) is 19.8 Å². The Labute approximate surface area is 255 Å². The van der Waals surface area contributed by atoms with Crippen molar-refractivity contribution >= 4 is 5.97 Å². The summed E-state index contributed by atoms with van der Waals surface area (Å²) in [4.78, 5) is 12.6. The van der Waals surface area contributed by atoms with Crippen molar-refractivity contribution in [1.82, 2.24) is 0 Å². The summed E-state index contributed by atoms with van der Waals surface area (Å²) in [5.41, 5.74) is 0. The van der Waals surface area contributed by atoms with E-state index in [1.807, 2.05) is 0 Å². The van der Waals surface area contributed by atoms with Gasteiger partial charge >= 0.3 is 5.97 Å². The molecule has 1 fully saturated rings. The second kappa shape index (κ2) is 26.6. The van der Waals surface area contributed by atoms with Crippen LogP contribution in [-0.4, -0.2) is 89.6 Å². The lowest BCUT2D eigenvalue weighted by molar-refractivity contribution is -0.305. The van der Waals surface area contributed by atoms with Crippen LogP contribution in [-0.2, 0) is 23.7 Å². The Morgan fingerprint density at radius 1 is 0.667 bits per heavy atom. The molecule has 9 nitrogen and oxygen atoms in total. The third-order valence-electron chi connectivity index (χ3n) is 8.02. The molecular formula is C33H64O9. The van der Waals surface area contributed by atoms with Crippen LogP contribution in [0.1, 0.15) is 142 Å². The van der Waals surface area contributed by atoms with E-state index in [9.17, 15) is 25.2 Å². The quantitative estimate of drug-likeness (QED) is 0.0667. The lowest BCUT2D eigenvalue weighted by Crippen LogP contribution is -2.59. The second-order valence-electron chi connectivity index (χ2n) is 12.0. The van der Waals surface area contributed by atoms with Crippen LogP contribution in [0.25, 0.3) is 0 Å². The smallest absolute Gasteiger partial charge is 0.306 e. The van der Waals surface area contributed by atoms with E-state index >= 15 is 0 Å². The fourth-order valence-corrected chi connectivity index (χ4v) is 5.25. The third kappa shape index (κ3) is 18.8. The van der Waals surface area contributed by atoms with Crippen LogP contribution < -0.4 is 0 Å². The molecule has 0 aromatic rings. The predicted octanol–water partition coefficient (Wildman–Crippen LogP) is 5.57. The number of hydrogen-bond donors (Lipinski definition) is 4. The highest BCUT2D eigenvalue weighted by Gasteiger charge is 2.44. The predicted molar refractivity (Wildman–Crippen MR) is 164 cm³/mol. The summed E-state index contributed by atoms with van der Waals surface area (Å²) in [6.07, 6.45) is 15.6. The Balaban J connectivity index is 2.37. The van der Waals surface area contributed by atoms with Crippen molar-refractivity contribution in [2.24, 2.45) is 0 Å². The van der Waals surface area contributed by atoms with E-state index in [1.54, 1.807) is 0 Å². The van der Waals surface area contributed by atoms with Crippen LogP contribution in [0.2, 0.25) is 0 Å². The zero-order valence-corrected chi connectivity index (χ0v) is 26.8. The van der Waals surface area contributed by atoms with Crippen LogP contribution in [0.5, 0.6) is 0 Å². The zero-order valence-electron chi connectivity index (χ0n) is 26.8. The minimum absolute atomic E-state index is 0.107. The molecule has 9 heteroatoms. The Bertz CT molecular complexity index is 618. The molecule has 250 valence electrons. The van der Waals surface area contributed by atoms with E-state index in [1.165, 1.54) is 89.9 Å². The number of carbonyl (C=O) groups is 1. The molecule has 1 heterocycles. The molecule has 1 rings (SSSR count). The van der Waals surface area contributed by atoms with Crippen LogP contribution in [0.3, 0.4) is 0 Å². The Kier molecular flexibility index (Phi) is 24.8. The van der Waals surface area contributed by atoms with E-state index in [0.717, 1.165) is 32.1 Å². The molecule has 0 spiro atoms. The largest absolute Gasteiger partial charge is 0.457 e. The summed E-state index contributed by atoms with van der Waals surface area (Å²) in [6.45, 7) is 4.52. The summed E-state index contributed by atoms with van der Waals surface area (Å²) in [7, 11) is 0. The van der Waals surface area contributed by atoms with Gasteiger partial charge in [-0.15, -0.1) is 0 Å². The monoisotopic (exact) mass is 604 g/mol. The summed E-state index contributed by atoms with van der Waals surface area (Å²) in [5, 5.41) is 39.7. The van der Waals surface area contributed by atoms with Crippen LogP contribution in [0, 0.1) is 0 Å². The molecule has 0 aliphatic carbocycles. The van der Waals surface area contributed by atoms with Gasteiger partial charge in [-0.1, -0.05) is 123 Å². The van der Waals surface area contributed by atoms with Crippen LogP contribution in [0.15, 0.2) is 0 Å². The summed E-state index contributed by atoms with van der Waals surface area (Å²) < 4.78 is 22.5. The normalized spacial score (nSPS) is 23.2. The van der Waals surface area contributed by atoms with Gasteiger partial charge in [-0.2, -0.15) is 0 Å². The maximum atomic E-state index is 12.6. The molecule has 6 atom stereocenters. The van der Waals surface area contributed by atoms with Gasteiger partial charge in [-0.3, -0.25) is 4.79 Å². The van der Waals surface area contributed by atoms with Gasteiger partial charge in [-0.25, -0.2) is 0 Å². The molecule has 4 N–H and O–H groups in total. The molecular weight excluding hydrogens is 540 g/mol. The first-order chi connectivity index (χ1) is 20.4. The van der Waals surface area contributed by atoms with E-state index in [4.69, 9.17) is 18.9 Å². The number of rotatable bonds is 28. The highest BCUT2D eigenvalue weighted by molar-refractivity contribution is 5.69. The van der Waals surface area contributed by atoms with Gasteiger partial charge in [0.25, 0.3) is 0 Å². The van der Waals surface area contributed by atoms with E-state index in [2.05, 4.69) is 13.8 Å². The molecule has 42 heavy (non-hydrogen) atoms. The maximum absolute atomic E-state index is 12.6. The fraction of sp³-hybridized carbons (Fsp3) is 0.970. The molecule has 0 amide bonds. The topological polar surface area (TPSA) is 135 Å². The molecule has 0 bridgehead atoms. The van der Waals surface area contributed by atoms with Crippen molar-refractivity contribution in [2.75, 3.05) is 26.4 Å². The summed E-state index contributed by atoms with van der Waals surface area (Å²) >= 11 is 0. The number of carbonyl (C=O) groups excluding carboxylic acids is 1. The SMILES string of the molecule is CCCCCCCCCCCCCC(=O)OC(COCCCCCCCCCC)COC1OC(CO)C(O)C(O)C1O. The average molecular weight is 605 g/mol. The first kappa shape index (κ1) is 39.2. The van der Waals surface area contributed by atoms with Crippen molar-refractivity contribution in [3.05, 3.63) is 0 Å². The number of esters is 1. The summed E-state index contributed by atoms with van der Waals surface area (Å²) in [6, 6.07) is 0. The van der Waals surface area contributed by atoms with Gasteiger partial charge in [0, 0.05) is 13.0 Å². The third-order valence-corrected chi connectivity index (χ3v) is 8.02. The molecule has 0 aromatic heterocycles. The zero-order chi connectivity index (χ0) is 30.8. The van der Waals surface area contributed by atoms with E-state index in [0.29, 0.717) is 13.0 Å². The van der Waals surface area contributed by atoms with Gasteiger partial charge in [0.15, 0.2) is 6.29 Å². The highest BCUT2D eigenvalue weighted by Crippen LogP contribution is 2.22. The molecule has 0 saturated carbocycles. The van der Waals surface area contributed by atoms with Gasteiger partial charge < -0.3 is 39.4 Å².